The fourth-order valence-electron chi connectivity index (χ4n) is 1.89. The van der Waals surface area contributed by atoms with Gasteiger partial charge in [0.1, 0.15) is 6.61 Å². The third-order valence-electron chi connectivity index (χ3n) is 3.01. The van der Waals surface area contributed by atoms with Crippen LogP contribution >= 0.6 is 0 Å². The molecule has 0 unspecified atom stereocenters. The van der Waals surface area contributed by atoms with Crippen LogP contribution in [0.3, 0.4) is 0 Å². The number of ether oxygens (including phenoxy) is 1. The second kappa shape index (κ2) is 7.04. The Labute approximate surface area is 128 Å². The molecule has 110 valence electrons. The van der Waals surface area contributed by atoms with Crippen molar-refractivity contribution in [3.05, 3.63) is 70.8 Å². The number of nitriles is 1. The lowest BCUT2D eigenvalue weighted by Gasteiger charge is -2.06. The summed E-state index contributed by atoms with van der Waals surface area (Å²) in [5.41, 5.74) is 1.94. The zero-order valence-corrected chi connectivity index (χ0v) is 12.0. The van der Waals surface area contributed by atoms with Gasteiger partial charge in [0, 0.05) is 12.6 Å². The Balaban J connectivity index is 2.06. The number of hydrogen-bond acceptors (Lipinski definition) is 4. The van der Waals surface area contributed by atoms with Crippen molar-refractivity contribution in [2.45, 2.75) is 6.61 Å². The van der Waals surface area contributed by atoms with Crippen molar-refractivity contribution in [2.24, 2.45) is 0 Å². The smallest absolute Gasteiger partial charge is 0.338 e. The van der Waals surface area contributed by atoms with Gasteiger partial charge in [0.15, 0.2) is 0 Å². The zero-order valence-electron chi connectivity index (χ0n) is 12.0. The number of carbonyl (C=O) groups excluding carboxylic acids is 2. The lowest BCUT2D eigenvalue weighted by Crippen LogP contribution is -2.18. The van der Waals surface area contributed by atoms with Crippen LogP contribution in [0.25, 0.3) is 0 Å². The van der Waals surface area contributed by atoms with E-state index in [2.05, 4.69) is 5.32 Å². The highest BCUT2D eigenvalue weighted by molar-refractivity contribution is 5.97. The summed E-state index contributed by atoms with van der Waals surface area (Å²) in [4.78, 5) is 23.6. The minimum absolute atomic E-state index is 0.0680. The van der Waals surface area contributed by atoms with Gasteiger partial charge in [0.05, 0.1) is 17.2 Å². The van der Waals surface area contributed by atoms with Gasteiger partial charge in [-0.3, -0.25) is 4.79 Å². The molecule has 0 aliphatic heterocycles. The topological polar surface area (TPSA) is 79.2 Å². The molecule has 0 saturated heterocycles. The van der Waals surface area contributed by atoms with Gasteiger partial charge in [-0.2, -0.15) is 5.26 Å². The molecule has 0 radical (unpaired) electrons. The van der Waals surface area contributed by atoms with Crippen LogP contribution in [0, 0.1) is 11.3 Å². The molecule has 2 aromatic carbocycles. The molecular weight excluding hydrogens is 280 g/mol. The second-order valence-corrected chi connectivity index (χ2v) is 4.55. The summed E-state index contributed by atoms with van der Waals surface area (Å²) in [5.74, 6) is -0.788. The largest absolute Gasteiger partial charge is 0.457 e. The van der Waals surface area contributed by atoms with Crippen LogP contribution in [0.1, 0.15) is 31.8 Å². The van der Waals surface area contributed by atoms with E-state index in [1.165, 1.54) is 13.1 Å². The third-order valence-corrected chi connectivity index (χ3v) is 3.01. The minimum atomic E-state index is -0.520. The quantitative estimate of drug-likeness (QED) is 0.877. The van der Waals surface area contributed by atoms with E-state index in [0.717, 1.165) is 5.56 Å². The highest BCUT2D eigenvalue weighted by atomic mass is 16.5. The van der Waals surface area contributed by atoms with E-state index in [-0.39, 0.29) is 12.5 Å². The third kappa shape index (κ3) is 3.70. The Bertz CT molecular complexity index is 748. The normalized spacial score (nSPS) is 9.64. The Hall–Kier alpha value is -3.13. The van der Waals surface area contributed by atoms with E-state index in [1.807, 2.05) is 6.07 Å². The molecule has 22 heavy (non-hydrogen) atoms. The summed E-state index contributed by atoms with van der Waals surface area (Å²) in [5, 5.41) is 11.3. The van der Waals surface area contributed by atoms with Gasteiger partial charge in [-0.05, 0) is 35.9 Å². The molecule has 0 fully saturated rings. The van der Waals surface area contributed by atoms with E-state index >= 15 is 0 Å². The summed E-state index contributed by atoms with van der Waals surface area (Å²) in [6.45, 7) is 0.0680. The van der Waals surface area contributed by atoms with Crippen molar-refractivity contribution < 1.29 is 14.3 Å². The lowest BCUT2D eigenvalue weighted by molar-refractivity contribution is 0.0472. The van der Waals surface area contributed by atoms with Gasteiger partial charge in [0.2, 0.25) is 0 Å². The predicted octanol–water partition coefficient (Wildman–Crippen LogP) is 2.27. The highest BCUT2D eigenvalue weighted by Crippen LogP contribution is 2.10. The van der Waals surface area contributed by atoms with Crippen molar-refractivity contribution in [1.82, 2.24) is 5.32 Å². The maximum Gasteiger partial charge on any atom is 0.338 e. The van der Waals surface area contributed by atoms with Crippen molar-refractivity contribution in [3.63, 3.8) is 0 Å². The second-order valence-electron chi connectivity index (χ2n) is 4.55. The number of nitrogens with zero attached hydrogens (tertiary/aromatic N) is 1. The molecule has 5 heteroatoms. The van der Waals surface area contributed by atoms with E-state index < -0.39 is 5.97 Å². The molecule has 2 rings (SSSR count). The number of rotatable bonds is 4. The number of esters is 1. The van der Waals surface area contributed by atoms with Crippen molar-refractivity contribution >= 4 is 11.9 Å². The molecule has 0 saturated carbocycles. The van der Waals surface area contributed by atoms with Gasteiger partial charge in [-0.15, -0.1) is 0 Å². The monoisotopic (exact) mass is 294 g/mol. The SMILES string of the molecule is CNC(=O)c1cccc(C(=O)OCc2cccc(C#N)c2)c1. The number of nitrogens with one attached hydrogen (secondary N) is 1. The molecule has 0 atom stereocenters. The van der Waals surface area contributed by atoms with Crippen LogP contribution in [-0.2, 0) is 11.3 Å². The van der Waals surface area contributed by atoms with Gasteiger partial charge >= 0.3 is 5.97 Å². The average Bonchev–Trinajstić information content (AvgIpc) is 2.59. The summed E-state index contributed by atoms with van der Waals surface area (Å²) in [7, 11) is 1.52. The van der Waals surface area contributed by atoms with E-state index in [9.17, 15) is 9.59 Å². The summed E-state index contributed by atoms with van der Waals surface area (Å²) < 4.78 is 5.20. The fraction of sp³-hybridized carbons (Fsp3) is 0.118. The molecule has 0 bridgehead atoms. The van der Waals surface area contributed by atoms with Gasteiger partial charge in [-0.25, -0.2) is 4.79 Å². The van der Waals surface area contributed by atoms with E-state index in [0.29, 0.717) is 16.7 Å². The van der Waals surface area contributed by atoms with Crippen LogP contribution < -0.4 is 5.32 Å². The molecule has 0 aliphatic rings. The molecule has 0 aliphatic carbocycles. The summed E-state index contributed by atoms with van der Waals surface area (Å²) >= 11 is 0. The summed E-state index contributed by atoms with van der Waals surface area (Å²) in [6, 6.07) is 15.2. The predicted molar refractivity (Wildman–Crippen MR) is 80.1 cm³/mol. The molecule has 5 nitrogen and oxygen atoms in total. The molecule has 1 N–H and O–H groups in total. The average molecular weight is 294 g/mol. The van der Waals surface area contributed by atoms with Crippen molar-refractivity contribution in [3.8, 4) is 6.07 Å². The van der Waals surface area contributed by atoms with Crippen LogP contribution in [0.15, 0.2) is 48.5 Å². The molecule has 0 aromatic heterocycles. The van der Waals surface area contributed by atoms with Gasteiger partial charge < -0.3 is 10.1 Å². The maximum atomic E-state index is 12.0. The zero-order chi connectivity index (χ0) is 15.9. The Morgan fingerprint density at radius 3 is 2.59 bits per heavy atom. The first kappa shape index (κ1) is 15.3. The fourth-order valence-corrected chi connectivity index (χ4v) is 1.89. The Morgan fingerprint density at radius 2 is 1.86 bits per heavy atom. The molecule has 2 aromatic rings. The number of hydrogen-bond donors (Lipinski definition) is 1. The molecule has 0 spiro atoms. The number of benzene rings is 2. The molecule has 0 heterocycles. The first-order valence-electron chi connectivity index (χ1n) is 6.62. The first-order chi connectivity index (χ1) is 10.6. The van der Waals surface area contributed by atoms with Crippen molar-refractivity contribution in [2.75, 3.05) is 7.05 Å². The maximum absolute atomic E-state index is 12.0. The molecule has 1 amide bonds. The van der Waals surface area contributed by atoms with Crippen LogP contribution in [-0.4, -0.2) is 18.9 Å². The first-order valence-corrected chi connectivity index (χ1v) is 6.62. The van der Waals surface area contributed by atoms with Crippen LogP contribution in [0.5, 0.6) is 0 Å². The van der Waals surface area contributed by atoms with Crippen LogP contribution in [0.2, 0.25) is 0 Å². The Kier molecular flexibility index (Phi) is 4.89. The van der Waals surface area contributed by atoms with E-state index in [1.54, 1.807) is 42.5 Å². The highest BCUT2D eigenvalue weighted by Gasteiger charge is 2.11. The minimum Gasteiger partial charge on any atom is -0.457 e. The van der Waals surface area contributed by atoms with Crippen LogP contribution in [0.4, 0.5) is 0 Å². The molecular formula is C17H14N2O3. The van der Waals surface area contributed by atoms with Crippen molar-refractivity contribution in [1.29, 1.82) is 5.26 Å². The van der Waals surface area contributed by atoms with E-state index in [4.69, 9.17) is 10.00 Å². The summed E-state index contributed by atoms with van der Waals surface area (Å²) in [6.07, 6.45) is 0. The standard InChI is InChI=1S/C17H14N2O3/c1-19-16(20)14-6-3-7-15(9-14)17(21)22-11-13-5-2-4-12(8-13)10-18/h2-9H,11H2,1H3,(H,19,20). The number of carbonyl (C=O) groups is 2. The lowest BCUT2D eigenvalue weighted by atomic mass is 10.1. The Morgan fingerprint density at radius 1 is 1.14 bits per heavy atom. The van der Waals surface area contributed by atoms with Gasteiger partial charge in [0.25, 0.3) is 5.91 Å². The van der Waals surface area contributed by atoms with Gasteiger partial charge in [-0.1, -0.05) is 18.2 Å². The number of amides is 1.